The molecule has 0 aliphatic carbocycles. The molecule has 1 aliphatic heterocycles. The van der Waals surface area contributed by atoms with Gasteiger partial charge in [0.25, 0.3) is 6.43 Å². The fraction of sp³-hybridized carbons (Fsp3) is 0.846. The predicted octanol–water partition coefficient (Wildman–Crippen LogP) is 0.0985. The van der Waals surface area contributed by atoms with Gasteiger partial charge in [0.15, 0.2) is 5.96 Å². The summed E-state index contributed by atoms with van der Waals surface area (Å²) < 4.78 is 24.6. The number of nitrogens with zero attached hydrogens (tertiary/aromatic N) is 3. The summed E-state index contributed by atoms with van der Waals surface area (Å²) in [5.74, 6) is 0.128. The monoisotopic (exact) mass is 305 g/mol. The topological polar surface area (TPSA) is 74.0 Å². The highest BCUT2D eigenvalue weighted by molar-refractivity contribution is 5.84. The second-order valence-electron chi connectivity index (χ2n) is 5.48. The van der Waals surface area contributed by atoms with Gasteiger partial charge in [-0.1, -0.05) is 0 Å². The van der Waals surface area contributed by atoms with E-state index in [-0.39, 0.29) is 5.91 Å². The third-order valence-electron chi connectivity index (χ3n) is 3.69. The van der Waals surface area contributed by atoms with E-state index < -0.39 is 18.5 Å². The van der Waals surface area contributed by atoms with Crippen LogP contribution in [0.2, 0.25) is 0 Å². The van der Waals surface area contributed by atoms with Gasteiger partial charge in [0.1, 0.15) is 6.54 Å². The minimum Gasteiger partial charge on any atom is -0.368 e. The van der Waals surface area contributed by atoms with Gasteiger partial charge in [-0.05, 0) is 20.8 Å². The molecule has 1 aliphatic rings. The zero-order chi connectivity index (χ0) is 16.0. The fourth-order valence-electron chi connectivity index (χ4n) is 2.21. The molecule has 0 unspecified atom stereocenters. The molecular weight excluding hydrogens is 280 g/mol. The van der Waals surface area contributed by atoms with Crippen LogP contribution in [-0.2, 0) is 4.79 Å². The van der Waals surface area contributed by atoms with Crippen molar-refractivity contribution in [3.8, 4) is 0 Å². The van der Waals surface area contributed by atoms with Crippen molar-refractivity contribution in [2.75, 3.05) is 39.3 Å². The van der Waals surface area contributed by atoms with Crippen LogP contribution >= 0.6 is 0 Å². The van der Waals surface area contributed by atoms with Crippen molar-refractivity contribution in [1.82, 2.24) is 15.1 Å². The van der Waals surface area contributed by atoms with E-state index >= 15 is 0 Å². The lowest BCUT2D eigenvalue weighted by Gasteiger charge is -2.43. The minimum atomic E-state index is -2.45. The maximum Gasteiger partial charge on any atom is 0.257 e. The molecule has 1 fully saturated rings. The molecule has 0 bridgehead atoms. The number of primary amides is 1. The quantitative estimate of drug-likeness (QED) is 0.558. The Labute approximate surface area is 124 Å². The van der Waals surface area contributed by atoms with Crippen LogP contribution in [0.1, 0.15) is 20.8 Å². The number of hydrogen-bond acceptors (Lipinski definition) is 3. The van der Waals surface area contributed by atoms with Crippen LogP contribution in [0.25, 0.3) is 0 Å². The Kier molecular flexibility index (Phi) is 6.32. The molecule has 1 amide bonds. The Balaban J connectivity index is 2.64. The third-order valence-corrected chi connectivity index (χ3v) is 3.69. The van der Waals surface area contributed by atoms with Gasteiger partial charge in [-0.3, -0.25) is 9.69 Å². The number of nitrogens with one attached hydrogen (secondary N) is 1. The molecule has 0 atom stereocenters. The van der Waals surface area contributed by atoms with Crippen LogP contribution in [0.5, 0.6) is 0 Å². The molecule has 3 N–H and O–H groups in total. The Morgan fingerprint density at radius 3 is 2.33 bits per heavy atom. The number of hydrogen-bond donors (Lipinski definition) is 2. The molecule has 0 aromatic heterocycles. The maximum absolute atomic E-state index is 12.3. The molecule has 1 saturated heterocycles. The Bertz CT molecular complexity index is 379. The van der Waals surface area contributed by atoms with Gasteiger partial charge in [-0.2, -0.15) is 0 Å². The Hall–Kier alpha value is -1.44. The highest BCUT2D eigenvalue weighted by atomic mass is 19.3. The van der Waals surface area contributed by atoms with Crippen molar-refractivity contribution in [2.45, 2.75) is 32.7 Å². The predicted molar refractivity (Wildman–Crippen MR) is 78.4 cm³/mol. The van der Waals surface area contributed by atoms with Gasteiger partial charge in [0.05, 0.1) is 5.54 Å². The summed E-state index contributed by atoms with van der Waals surface area (Å²) in [5, 5.41) is 3.02. The minimum absolute atomic E-state index is 0.366. The first kappa shape index (κ1) is 17.6. The summed E-state index contributed by atoms with van der Waals surface area (Å²) in [6, 6.07) is 0. The van der Waals surface area contributed by atoms with Gasteiger partial charge in [0, 0.05) is 32.7 Å². The van der Waals surface area contributed by atoms with Crippen molar-refractivity contribution in [3.05, 3.63) is 0 Å². The lowest BCUT2D eigenvalue weighted by atomic mass is 10.0. The maximum atomic E-state index is 12.3. The second kappa shape index (κ2) is 7.53. The molecule has 0 saturated carbocycles. The number of nitrogens with two attached hydrogens (primary N) is 1. The van der Waals surface area contributed by atoms with E-state index in [9.17, 15) is 13.6 Å². The van der Waals surface area contributed by atoms with Crippen LogP contribution in [0.3, 0.4) is 0 Å². The number of carbonyl (C=O) groups is 1. The van der Waals surface area contributed by atoms with Gasteiger partial charge >= 0.3 is 0 Å². The summed E-state index contributed by atoms with van der Waals surface area (Å²) in [5.41, 5.74) is 4.71. The molecule has 21 heavy (non-hydrogen) atoms. The average Bonchev–Trinajstić information content (AvgIpc) is 2.43. The van der Waals surface area contributed by atoms with E-state index in [1.807, 2.05) is 16.7 Å². The molecule has 122 valence electrons. The lowest BCUT2D eigenvalue weighted by molar-refractivity contribution is -0.129. The van der Waals surface area contributed by atoms with Crippen LogP contribution in [0.4, 0.5) is 8.78 Å². The number of alkyl halides is 2. The second-order valence-corrected chi connectivity index (χ2v) is 5.48. The van der Waals surface area contributed by atoms with E-state index in [0.717, 1.165) is 0 Å². The largest absolute Gasteiger partial charge is 0.368 e. The number of guanidine groups is 1. The van der Waals surface area contributed by atoms with Gasteiger partial charge in [0.2, 0.25) is 5.91 Å². The molecule has 8 heteroatoms. The number of piperazine rings is 1. The Morgan fingerprint density at radius 2 is 1.90 bits per heavy atom. The van der Waals surface area contributed by atoms with Crippen molar-refractivity contribution < 1.29 is 13.6 Å². The standard InChI is InChI=1S/C13H25F2N5O/c1-4-17-12(18-9-10(14)15)19-5-7-20(8-6-19)13(2,3)11(16)21/h10H,4-9H2,1-3H3,(H2,16,21)(H,17,18). The molecule has 1 rings (SSSR count). The smallest absolute Gasteiger partial charge is 0.257 e. The number of rotatable bonds is 5. The van der Waals surface area contributed by atoms with Crippen LogP contribution in [-0.4, -0.2) is 72.9 Å². The SMILES string of the molecule is CCNC(=NCC(F)F)N1CCN(C(C)(C)C(N)=O)CC1. The highest BCUT2D eigenvalue weighted by Gasteiger charge is 2.35. The summed E-state index contributed by atoms with van der Waals surface area (Å²) in [4.78, 5) is 19.3. The van der Waals surface area contributed by atoms with Gasteiger partial charge in [-0.25, -0.2) is 13.8 Å². The van der Waals surface area contributed by atoms with E-state index in [1.165, 1.54) is 0 Å². The third kappa shape index (κ3) is 4.80. The summed E-state index contributed by atoms with van der Waals surface area (Å²) in [6.45, 7) is 8.10. The number of amides is 1. The summed E-state index contributed by atoms with van der Waals surface area (Å²) in [7, 11) is 0. The fourth-order valence-corrected chi connectivity index (χ4v) is 2.21. The van der Waals surface area contributed by atoms with Crippen LogP contribution < -0.4 is 11.1 Å². The summed E-state index contributed by atoms with van der Waals surface area (Å²) in [6.07, 6.45) is -2.45. The van der Waals surface area contributed by atoms with Crippen LogP contribution in [0.15, 0.2) is 4.99 Å². The average molecular weight is 305 g/mol. The first-order chi connectivity index (χ1) is 9.78. The van der Waals surface area contributed by atoms with E-state index in [0.29, 0.717) is 38.7 Å². The molecule has 0 aromatic rings. The van der Waals surface area contributed by atoms with Crippen LogP contribution in [0, 0.1) is 0 Å². The molecular formula is C13H25F2N5O. The zero-order valence-electron chi connectivity index (χ0n) is 12.9. The van der Waals surface area contributed by atoms with E-state index in [4.69, 9.17) is 5.73 Å². The van der Waals surface area contributed by atoms with Gasteiger partial charge in [-0.15, -0.1) is 0 Å². The molecule has 0 radical (unpaired) electrons. The number of carbonyl (C=O) groups excluding carboxylic acids is 1. The highest BCUT2D eigenvalue weighted by Crippen LogP contribution is 2.16. The lowest BCUT2D eigenvalue weighted by Crippen LogP contribution is -2.61. The van der Waals surface area contributed by atoms with Crippen molar-refractivity contribution >= 4 is 11.9 Å². The molecule has 0 spiro atoms. The van der Waals surface area contributed by atoms with Gasteiger partial charge < -0.3 is 16.0 Å². The molecule has 1 heterocycles. The van der Waals surface area contributed by atoms with E-state index in [2.05, 4.69) is 10.3 Å². The molecule has 0 aromatic carbocycles. The first-order valence-electron chi connectivity index (χ1n) is 7.15. The van der Waals surface area contributed by atoms with E-state index in [1.54, 1.807) is 13.8 Å². The normalized spacial score (nSPS) is 18.2. The van der Waals surface area contributed by atoms with Crippen molar-refractivity contribution in [3.63, 3.8) is 0 Å². The Morgan fingerprint density at radius 1 is 1.33 bits per heavy atom. The van der Waals surface area contributed by atoms with Crippen molar-refractivity contribution in [2.24, 2.45) is 10.7 Å². The van der Waals surface area contributed by atoms with Crippen molar-refractivity contribution in [1.29, 1.82) is 0 Å². The zero-order valence-corrected chi connectivity index (χ0v) is 12.9. The number of aliphatic imine (C=N–C) groups is 1. The molecule has 6 nitrogen and oxygen atoms in total. The first-order valence-corrected chi connectivity index (χ1v) is 7.15. The number of halogens is 2. The summed E-state index contributed by atoms with van der Waals surface area (Å²) >= 11 is 0.